The van der Waals surface area contributed by atoms with Crippen molar-refractivity contribution in [2.75, 3.05) is 18.4 Å². The molecule has 176 valence electrons. The Bertz CT molecular complexity index is 1350. The number of pyridine rings is 2. The van der Waals surface area contributed by atoms with Crippen molar-refractivity contribution >= 4 is 28.8 Å². The van der Waals surface area contributed by atoms with Gasteiger partial charge in [0, 0.05) is 25.5 Å². The normalized spacial score (nSPS) is 15.5. The van der Waals surface area contributed by atoms with Gasteiger partial charge in [-0.3, -0.25) is 19.7 Å². The summed E-state index contributed by atoms with van der Waals surface area (Å²) in [6.45, 7) is 4.59. The predicted octanol–water partition coefficient (Wildman–Crippen LogP) is 4.02. The molecule has 10 heteroatoms. The molecule has 0 saturated carbocycles. The summed E-state index contributed by atoms with van der Waals surface area (Å²) in [4.78, 5) is 40.9. The second-order valence-electron chi connectivity index (χ2n) is 8.16. The number of carbonyl (C=O) groups is 2. The van der Waals surface area contributed by atoms with Crippen molar-refractivity contribution in [3.63, 3.8) is 0 Å². The molecule has 1 atom stereocenters. The molecule has 1 fully saturated rings. The molecular formula is C25H23N7O2S. The number of hydrogen-bond acceptors (Lipinski definition) is 7. The minimum atomic E-state index is -0.249. The lowest BCUT2D eigenvalue weighted by Crippen LogP contribution is -2.43. The fourth-order valence-corrected chi connectivity index (χ4v) is 4.85. The minimum absolute atomic E-state index is 0.107. The average Bonchev–Trinajstić information content (AvgIpc) is 3.62. The molecule has 0 aromatic carbocycles. The number of thiazole rings is 1. The SMILES string of the molecule is C=CC(=O)N1CCC[C@H](C(=O)Nc2ccc(-c3cnc(-c4cccc(-c5ccn[nH]5)n4)s3)nc2)C1. The molecule has 35 heavy (non-hydrogen) atoms. The summed E-state index contributed by atoms with van der Waals surface area (Å²) in [6.07, 6.45) is 7.94. The van der Waals surface area contributed by atoms with Crippen LogP contribution in [-0.4, -0.2) is 55.0 Å². The van der Waals surface area contributed by atoms with Crippen LogP contribution in [0.2, 0.25) is 0 Å². The van der Waals surface area contributed by atoms with Crippen LogP contribution in [0.1, 0.15) is 12.8 Å². The number of rotatable bonds is 6. The molecule has 4 aromatic rings. The van der Waals surface area contributed by atoms with Gasteiger partial charge in [0.25, 0.3) is 0 Å². The van der Waals surface area contributed by atoms with E-state index in [9.17, 15) is 9.59 Å². The Kier molecular flexibility index (Phi) is 6.44. The Hall–Kier alpha value is -4.18. The predicted molar refractivity (Wildman–Crippen MR) is 134 cm³/mol. The van der Waals surface area contributed by atoms with Gasteiger partial charge >= 0.3 is 0 Å². The average molecular weight is 486 g/mol. The quantitative estimate of drug-likeness (QED) is 0.399. The molecule has 0 radical (unpaired) electrons. The van der Waals surface area contributed by atoms with Crippen LogP contribution < -0.4 is 5.32 Å². The van der Waals surface area contributed by atoms with Crippen molar-refractivity contribution in [2.45, 2.75) is 12.8 Å². The van der Waals surface area contributed by atoms with Gasteiger partial charge in [0.05, 0.1) is 45.5 Å². The molecule has 0 aliphatic carbocycles. The molecule has 2 N–H and O–H groups in total. The summed E-state index contributed by atoms with van der Waals surface area (Å²) >= 11 is 1.50. The summed E-state index contributed by atoms with van der Waals surface area (Å²) < 4.78 is 0. The number of nitrogens with zero attached hydrogens (tertiary/aromatic N) is 5. The zero-order valence-corrected chi connectivity index (χ0v) is 19.7. The number of carbonyl (C=O) groups excluding carboxylic acids is 2. The van der Waals surface area contributed by atoms with Crippen LogP contribution in [0, 0.1) is 5.92 Å². The van der Waals surface area contributed by atoms with Crippen LogP contribution in [0.25, 0.3) is 32.7 Å². The molecular weight excluding hydrogens is 462 g/mol. The third-order valence-electron chi connectivity index (χ3n) is 5.81. The molecule has 1 saturated heterocycles. The van der Waals surface area contributed by atoms with Crippen LogP contribution in [0.15, 0.2) is 67.6 Å². The first kappa shape index (κ1) is 22.6. The van der Waals surface area contributed by atoms with E-state index in [0.29, 0.717) is 18.8 Å². The number of nitrogens with one attached hydrogen (secondary N) is 2. The second kappa shape index (κ2) is 9.98. The smallest absolute Gasteiger partial charge is 0.245 e. The number of likely N-dealkylation sites (tertiary alicyclic amines) is 1. The Morgan fingerprint density at radius 2 is 2.00 bits per heavy atom. The van der Waals surface area contributed by atoms with Crippen molar-refractivity contribution in [1.29, 1.82) is 0 Å². The van der Waals surface area contributed by atoms with E-state index in [4.69, 9.17) is 0 Å². The molecule has 0 spiro atoms. The van der Waals surface area contributed by atoms with E-state index in [1.807, 2.05) is 36.4 Å². The van der Waals surface area contributed by atoms with Crippen LogP contribution in [0.5, 0.6) is 0 Å². The van der Waals surface area contributed by atoms with Gasteiger partial charge in [-0.2, -0.15) is 5.10 Å². The summed E-state index contributed by atoms with van der Waals surface area (Å²) in [7, 11) is 0. The van der Waals surface area contributed by atoms with Crippen molar-refractivity contribution in [1.82, 2.24) is 30.0 Å². The van der Waals surface area contributed by atoms with Crippen molar-refractivity contribution < 1.29 is 9.59 Å². The number of H-pyrrole nitrogens is 1. The molecule has 2 amide bonds. The van der Waals surface area contributed by atoms with E-state index in [2.05, 4.69) is 37.0 Å². The Morgan fingerprint density at radius 1 is 1.11 bits per heavy atom. The highest BCUT2D eigenvalue weighted by Crippen LogP contribution is 2.31. The Balaban J connectivity index is 1.25. The summed E-state index contributed by atoms with van der Waals surface area (Å²) in [6, 6.07) is 11.3. The van der Waals surface area contributed by atoms with Gasteiger partial charge in [0.1, 0.15) is 5.01 Å². The van der Waals surface area contributed by atoms with E-state index >= 15 is 0 Å². The standard InChI is InChI=1S/C25H23N7O2S/c1-2-23(33)32-12-4-5-16(15-32)24(34)29-17-8-9-20(26-13-17)22-14-27-25(35-22)21-7-3-6-18(30-21)19-10-11-28-31-19/h2-3,6-11,13-14,16H,1,4-5,12,15H2,(H,28,31)(H,29,34)/t16-/m0/s1. The molecule has 0 bridgehead atoms. The topological polar surface area (TPSA) is 117 Å². The second-order valence-corrected chi connectivity index (χ2v) is 9.19. The Morgan fingerprint density at radius 3 is 2.77 bits per heavy atom. The van der Waals surface area contributed by atoms with E-state index in [-0.39, 0.29) is 17.7 Å². The van der Waals surface area contributed by atoms with Gasteiger partial charge in [0.15, 0.2) is 0 Å². The summed E-state index contributed by atoms with van der Waals surface area (Å²) in [5, 5.41) is 10.6. The highest BCUT2D eigenvalue weighted by Gasteiger charge is 2.27. The fraction of sp³-hybridized carbons (Fsp3) is 0.200. The lowest BCUT2D eigenvalue weighted by atomic mass is 9.97. The highest BCUT2D eigenvalue weighted by atomic mass is 32.1. The molecule has 1 aliphatic heterocycles. The van der Waals surface area contributed by atoms with Crippen molar-refractivity contribution in [2.24, 2.45) is 5.92 Å². The number of aromatic amines is 1. The lowest BCUT2D eigenvalue weighted by Gasteiger charge is -2.31. The largest absolute Gasteiger partial charge is 0.338 e. The zero-order valence-electron chi connectivity index (χ0n) is 18.8. The summed E-state index contributed by atoms with van der Waals surface area (Å²) in [5.74, 6) is -0.494. The van der Waals surface area contributed by atoms with Gasteiger partial charge < -0.3 is 10.2 Å². The van der Waals surface area contributed by atoms with Gasteiger partial charge in [-0.15, -0.1) is 11.3 Å². The summed E-state index contributed by atoms with van der Waals surface area (Å²) in [5.41, 5.74) is 3.79. The van der Waals surface area contributed by atoms with Crippen LogP contribution in [0.3, 0.4) is 0 Å². The zero-order chi connectivity index (χ0) is 24.2. The Labute approximate surface area is 206 Å². The molecule has 1 aliphatic rings. The first-order valence-electron chi connectivity index (χ1n) is 11.2. The van der Waals surface area contributed by atoms with E-state index in [1.165, 1.54) is 17.4 Å². The number of hydrogen-bond donors (Lipinski definition) is 2. The van der Waals surface area contributed by atoms with Crippen LogP contribution in [0.4, 0.5) is 5.69 Å². The number of amides is 2. The highest BCUT2D eigenvalue weighted by molar-refractivity contribution is 7.18. The van der Waals surface area contributed by atoms with Crippen LogP contribution >= 0.6 is 11.3 Å². The van der Waals surface area contributed by atoms with E-state index in [0.717, 1.165) is 45.5 Å². The van der Waals surface area contributed by atoms with E-state index in [1.54, 1.807) is 23.5 Å². The van der Waals surface area contributed by atoms with Crippen molar-refractivity contribution in [3.05, 3.63) is 67.6 Å². The molecule has 9 nitrogen and oxygen atoms in total. The van der Waals surface area contributed by atoms with E-state index < -0.39 is 0 Å². The van der Waals surface area contributed by atoms with Crippen LogP contribution in [-0.2, 0) is 9.59 Å². The number of piperidine rings is 1. The molecule has 0 unspecified atom stereocenters. The third kappa shape index (κ3) is 5.02. The maximum Gasteiger partial charge on any atom is 0.245 e. The number of anilines is 1. The van der Waals surface area contributed by atoms with Gasteiger partial charge in [0.2, 0.25) is 11.8 Å². The maximum atomic E-state index is 12.7. The fourth-order valence-electron chi connectivity index (χ4n) is 3.99. The first-order valence-corrected chi connectivity index (χ1v) is 12.0. The maximum absolute atomic E-state index is 12.7. The van der Waals surface area contributed by atoms with Gasteiger partial charge in [-0.05, 0) is 49.2 Å². The molecule has 5 heterocycles. The number of aromatic nitrogens is 5. The molecule has 4 aromatic heterocycles. The monoisotopic (exact) mass is 485 g/mol. The van der Waals surface area contributed by atoms with Gasteiger partial charge in [-0.25, -0.2) is 9.97 Å². The first-order chi connectivity index (χ1) is 17.1. The lowest BCUT2D eigenvalue weighted by molar-refractivity contribution is -0.130. The third-order valence-corrected chi connectivity index (χ3v) is 6.85. The van der Waals surface area contributed by atoms with Crippen molar-refractivity contribution in [3.8, 4) is 32.7 Å². The van der Waals surface area contributed by atoms with Gasteiger partial charge in [-0.1, -0.05) is 12.6 Å². The molecule has 5 rings (SSSR count). The minimum Gasteiger partial charge on any atom is -0.338 e.